The molecule has 0 heterocycles. The van der Waals surface area contributed by atoms with Crippen molar-refractivity contribution in [3.05, 3.63) is 0 Å². The van der Waals surface area contributed by atoms with Crippen LogP contribution in [0.2, 0.25) is 0 Å². The van der Waals surface area contributed by atoms with Gasteiger partial charge < -0.3 is 49.6 Å². The number of aliphatic carboxylic acids is 2. The van der Waals surface area contributed by atoms with Crippen LogP contribution in [0, 0.1) is 0 Å². The molecule has 2 amide bonds. The Morgan fingerprint density at radius 1 is 0.459 bits per heavy atom. The first kappa shape index (κ1) is 62.6. The molecule has 0 saturated heterocycles. The van der Waals surface area contributed by atoms with Gasteiger partial charge in [0, 0.05) is 13.1 Å². The lowest BCUT2D eigenvalue weighted by Gasteiger charge is -2.36. The standard InChI is InChI=1S/C39H80N4O4.2C2HF3O2/c1-7-9-11-13-15-17-19-21-23-28-32-42(3,4)36(34-44)38(46)40-30-26-25-27-31-41-39(47)37(35-45)43(5,6)33-29-24-22-20-18-16-14-12-10-8-2;2*3-2(4,5)1(6)7/h36-37,44-45H,7-35H2,1-6H3;2*(H,6,7)/t36-,37-;;/m0../s1. The Morgan fingerprint density at radius 3 is 0.885 bits per heavy atom. The molecule has 0 aliphatic carbocycles. The third kappa shape index (κ3) is 36.5. The number of aliphatic hydroxyl groups excluding tert-OH is 2. The quantitative estimate of drug-likeness (QED) is 0.0361. The third-order valence-corrected chi connectivity index (χ3v) is 10.7. The van der Waals surface area contributed by atoms with Crippen molar-refractivity contribution < 1.29 is 74.9 Å². The maximum absolute atomic E-state index is 12.9. The number of rotatable bonds is 34. The molecule has 0 aliphatic heterocycles. The molecular weight excluding hydrogens is 814 g/mol. The van der Waals surface area contributed by atoms with Gasteiger partial charge in [-0.1, -0.05) is 117 Å². The fraction of sp³-hybridized carbons (Fsp3) is 0.907. The summed E-state index contributed by atoms with van der Waals surface area (Å²) in [6.45, 7) is 7.13. The van der Waals surface area contributed by atoms with Crippen molar-refractivity contribution in [3.63, 3.8) is 0 Å². The lowest BCUT2D eigenvalue weighted by atomic mass is 10.1. The van der Waals surface area contributed by atoms with Crippen LogP contribution in [0.1, 0.15) is 162 Å². The monoisotopic (exact) mass is 897 g/mol. The summed E-state index contributed by atoms with van der Waals surface area (Å²) in [7, 11) is 8.20. The minimum absolute atomic E-state index is 0.0777. The lowest BCUT2D eigenvalue weighted by Crippen LogP contribution is -2.58. The Kier molecular flexibility index (Phi) is 37.7. The number of nitrogens with one attached hydrogen (secondary N) is 2. The number of carbonyl (C=O) groups excluding carboxylic acids is 4. The Morgan fingerprint density at radius 2 is 0.672 bits per heavy atom. The van der Waals surface area contributed by atoms with Crippen LogP contribution < -0.4 is 20.8 Å². The van der Waals surface area contributed by atoms with E-state index < -0.39 is 36.4 Å². The molecule has 18 heteroatoms. The van der Waals surface area contributed by atoms with Gasteiger partial charge >= 0.3 is 12.4 Å². The van der Waals surface area contributed by atoms with E-state index in [-0.39, 0.29) is 25.0 Å². The first-order chi connectivity index (χ1) is 28.5. The smallest absolute Gasteiger partial charge is 0.430 e. The zero-order valence-corrected chi connectivity index (χ0v) is 38.2. The molecule has 0 aromatic rings. The molecule has 0 aliphatic rings. The summed E-state index contributed by atoms with van der Waals surface area (Å²) in [6, 6.07) is -0.907. The Balaban J connectivity index is -0.00000203. The van der Waals surface area contributed by atoms with Crippen molar-refractivity contribution in [2.75, 3.05) is 67.6 Å². The fourth-order valence-corrected chi connectivity index (χ4v) is 6.65. The van der Waals surface area contributed by atoms with E-state index in [9.17, 15) is 46.1 Å². The SMILES string of the molecule is CCCCCCCCCCCC[N+](C)(C)[C@@H](CO)C(=O)NCCCCCNC(=O)[C@H](CO)[N+](C)(C)CCCCCCCCCCCC.O=C([O-])C(F)(F)F.O=C([O-])C(F)(F)F. The van der Waals surface area contributed by atoms with Crippen LogP contribution in [-0.2, 0) is 19.2 Å². The largest absolute Gasteiger partial charge is 0.542 e. The van der Waals surface area contributed by atoms with Crippen molar-refractivity contribution in [3.8, 4) is 0 Å². The first-order valence-corrected chi connectivity index (χ1v) is 22.4. The van der Waals surface area contributed by atoms with E-state index in [0.717, 1.165) is 45.2 Å². The number of halogens is 6. The number of likely N-dealkylation sites (N-methyl/N-ethyl adjacent to an activating group) is 2. The topological polar surface area (TPSA) is 179 Å². The number of carbonyl (C=O) groups is 4. The third-order valence-electron chi connectivity index (χ3n) is 10.7. The number of hydrogen-bond acceptors (Lipinski definition) is 8. The number of alkyl halides is 6. The average molecular weight is 897 g/mol. The number of carboxylic acids is 2. The van der Waals surface area contributed by atoms with E-state index in [0.29, 0.717) is 22.1 Å². The maximum atomic E-state index is 12.9. The number of amides is 2. The van der Waals surface area contributed by atoms with Gasteiger partial charge in [0.15, 0.2) is 12.1 Å². The summed E-state index contributed by atoms with van der Waals surface area (Å²) < 4.78 is 64.1. The molecule has 0 bridgehead atoms. The summed E-state index contributed by atoms with van der Waals surface area (Å²) >= 11 is 0. The average Bonchev–Trinajstić information content (AvgIpc) is 3.16. The Labute approximate surface area is 362 Å². The van der Waals surface area contributed by atoms with E-state index in [4.69, 9.17) is 19.8 Å². The van der Waals surface area contributed by atoms with Gasteiger partial charge in [0.1, 0.15) is 25.2 Å². The molecule has 0 spiro atoms. The van der Waals surface area contributed by atoms with Gasteiger partial charge in [-0.25, -0.2) is 0 Å². The van der Waals surface area contributed by atoms with Crippen LogP contribution in [-0.4, -0.2) is 135 Å². The van der Waals surface area contributed by atoms with E-state index >= 15 is 0 Å². The number of aliphatic hydroxyl groups is 2. The second-order valence-corrected chi connectivity index (χ2v) is 17.0. The van der Waals surface area contributed by atoms with Gasteiger partial charge in [-0.15, -0.1) is 0 Å². The van der Waals surface area contributed by atoms with Gasteiger partial charge in [0.05, 0.1) is 41.3 Å². The molecule has 0 fully saturated rings. The molecule has 0 unspecified atom stereocenters. The molecule has 0 aromatic heterocycles. The molecule has 2 atom stereocenters. The Bertz CT molecular complexity index is 1040. The predicted molar refractivity (Wildman–Crippen MR) is 221 cm³/mol. The number of nitrogens with zero attached hydrogens (tertiary/aromatic N) is 2. The molecule has 0 rings (SSSR count). The molecular formula is C43H82F6N4O8. The van der Waals surface area contributed by atoms with E-state index in [1.807, 2.05) is 28.2 Å². The normalized spacial score (nSPS) is 13.0. The van der Waals surface area contributed by atoms with Gasteiger partial charge in [-0.05, 0) is 44.9 Å². The van der Waals surface area contributed by atoms with Crippen LogP contribution in [0.25, 0.3) is 0 Å². The van der Waals surface area contributed by atoms with Crippen molar-refractivity contribution in [1.82, 2.24) is 10.6 Å². The fourth-order valence-electron chi connectivity index (χ4n) is 6.65. The summed E-state index contributed by atoms with van der Waals surface area (Å²) in [6.07, 6.45) is 17.9. The highest BCUT2D eigenvalue weighted by atomic mass is 19.4. The minimum atomic E-state index is -5.19. The van der Waals surface area contributed by atoms with Crippen molar-refractivity contribution >= 4 is 23.8 Å². The van der Waals surface area contributed by atoms with Crippen molar-refractivity contribution in [2.24, 2.45) is 0 Å². The minimum Gasteiger partial charge on any atom is -0.542 e. The second-order valence-electron chi connectivity index (χ2n) is 17.0. The highest BCUT2D eigenvalue weighted by Crippen LogP contribution is 2.16. The summed E-state index contributed by atoms with van der Waals surface area (Å²) in [5.74, 6) is -6.17. The van der Waals surface area contributed by atoms with Crippen molar-refractivity contribution in [1.29, 1.82) is 0 Å². The van der Waals surface area contributed by atoms with Gasteiger partial charge in [-0.3, -0.25) is 9.59 Å². The molecule has 364 valence electrons. The van der Waals surface area contributed by atoms with E-state index in [2.05, 4.69) is 24.5 Å². The summed E-state index contributed by atoms with van der Waals surface area (Å²) in [5, 5.41) is 43.7. The van der Waals surface area contributed by atoms with Crippen LogP contribution in [0.4, 0.5) is 26.3 Å². The molecule has 4 N–H and O–H groups in total. The molecule has 0 radical (unpaired) electrons. The Hall–Kier alpha value is -2.70. The highest BCUT2D eigenvalue weighted by molar-refractivity contribution is 5.81. The first-order valence-electron chi connectivity index (χ1n) is 22.4. The summed E-state index contributed by atoms with van der Waals surface area (Å²) in [4.78, 5) is 43.4. The lowest BCUT2D eigenvalue weighted by molar-refractivity contribution is -0.906. The van der Waals surface area contributed by atoms with Crippen LogP contribution >= 0.6 is 0 Å². The van der Waals surface area contributed by atoms with Crippen molar-refractivity contribution in [2.45, 2.75) is 186 Å². The molecule has 0 aromatic carbocycles. The number of unbranched alkanes of at least 4 members (excludes halogenated alkanes) is 20. The zero-order valence-electron chi connectivity index (χ0n) is 38.2. The van der Waals surface area contributed by atoms with Gasteiger partial charge in [-0.2, -0.15) is 26.3 Å². The number of hydrogen-bond donors (Lipinski definition) is 4. The van der Waals surface area contributed by atoms with Crippen LogP contribution in [0.15, 0.2) is 0 Å². The molecule has 0 saturated carbocycles. The van der Waals surface area contributed by atoms with E-state index in [1.165, 1.54) is 116 Å². The number of carboxylic acid groups (broad SMARTS) is 2. The molecule has 61 heavy (non-hydrogen) atoms. The molecule has 12 nitrogen and oxygen atoms in total. The van der Waals surface area contributed by atoms with Crippen LogP contribution in [0.3, 0.4) is 0 Å². The number of quaternary nitrogens is 2. The highest BCUT2D eigenvalue weighted by Gasteiger charge is 2.35. The predicted octanol–water partition coefficient (Wildman–Crippen LogP) is 5.70. The zero-order chi connectivity index (χ0) is 47.4. The van der Waals surface area contributed by atoms with Crippen LogP contribution in [0.5, 0.6) is 0 Å². The second kappa shape index (κ2) is 36.8. The van der Waals surface area contributed by atoms with Gasteiger partial charge in [0.2, 0.25) is 0 Å². The van der Waals surface area contributed by atoms with E-state index in [1.54, 1.807) is 0 Å². The maximum Gasteiger partial charge on any atom is 0.430 e. The van der Waals surface area contributed by atoms with Gasteiger partial charge in [0.25, 0.3) is 11.8 Å². The summed E-state index contributed by atoms with van der Waals surface area (Å²) in [5.41, 5.74) is 0.